The summed E-state index contributed by atoms with van der Waals surface area (Å²) in [6.45, 7) is 5.19. The first-order valence-electron chi connectivity index (χ1n) is 8.29. The van der Waals surface area contributed by atoms with Gasteiger partial charge in [0, 0.05) is 5.56 Å². The number of benzene rings is 2. The fourth-order valence-corrected chi connectivity index (χ4v) is 2.54. The number of carbonyl (C=O) groups is 3. The van der Waals surface area contributed by atoms with Crippen molar-refractivity contribution in [3.8, 4) is 0 Å². The first-order valence-corrected chi connectivity index (χ1v) is 8.29. The SMILES string of the molecule is COC(=O)[C@H](CC(=O)OC(C)(C)C)NC(=O)c1cccc2ccccc12. The Morgan fingerprint density at radius 1 is 1.04 bits per heavy atom. The Kier molecular flexibility index (Phi) is 5.97. The van der Waals surface area contributed by atoms with E-state index in [0.717, 1.165) is 10.8 Å². The molecule has 0 unspecified atom stereocenters. The highest BCUT2D eigenvalue weighted by atomic mass is 16.6. The monoisotopic (exact) mass is 357 g/mol. The van der Waals surface area contributed by atoms with Gasteiger partial charge in [0.15, 0.2) is 0 Å². The molecule has 6 heteroatoms. The van der Waals surface area contributed by atoms with Crippen molar-refractivity contribution in [3.63, 3.8) is 0 Å². The second-order valence-corrected chi connectivity index (χ2v) is 6.87. The molecule has 0 aromatic heterocycles. The lowest BCUT2D eigenvalue weighted by atomic mass is 10.0. The molecule has 0 heterocycles. The predicted octanol–water partition coefficient (Wildman–Crippen LogP) is 2.84. The molecule has 0 saturated carbocycles. The van der Waals surface area contributed by atoms with E-state index in [-0.39, 0.29) is 6.42 Å². The topological polar surface area (TPSA) is 81.7 Å². The molecule has 2 aromatic carbocycles. The molecule has 0 aliphatic rings. The van der Waals surface area contributed by atoms with E-state index in [0.29, 0.717) is 5.56 Å². The van der Waals surface area contributed by atoms with Gasteiger partial charge in [-0.3, -0.25) is 9.59 Å². The summed E-state index contributed by atoms with van der Waals surface area (Å²) in [6, 6.07) is 11.6. The number of nitrogens with one attached hydrogen (secondary N) is 1. The molecule has 2 aromatic rings. The molecular weight excluding hydrogens is 334 g/mol. The first kappa shape index (κ1) is 19.4. The van der Waals surface area contributed by atoms with Crippen molar-refractivity contribution in [2.75, 3.05) is 7.11 Å². The summed E-state index contributed by atoms with van der Waals surface area (Å²) in [4.78, 5) is 36.7. The van der Waals surface area contributed by atoms with Crippen molar-refractivity contribution < 1.29 is 23.9 Å². The quantitative estimate of drug-likeness (QED) is 0.832. The third-order valence-electron chi connectivity index (χ3n) is 3.62. The van der Waals surface area contributed by atoms with Crippen LogP contribution >= 0.6 is 0 Å². The number of ether oxygens (including phenoxy) is 2. The molecule has 0 aliphatic carbocycles. The number of fused-ring (bicyclic) bond motifs is 1. The van der Waals surface area contributed by atoms with Crippen LogP contribution in [0.4, 0.5) is 0 Å². The smallest absolute Gasteiger partial charge is 0.328 e. The molecule has 0 spiro atoms. The molecular formula is C20H23NO5. The fraction of sp³-hybridized carbons (Fsp3) is 0.350. The Hall–Kier alpha value is -2.89. The van der Waals surface area contributed by atoms with Crippen LogP contribution in [0.3, 0.4) is 0 Å². The number of rotatable bonds is 5. The Labute approximate surface area is 152 Å². The number of hydrogen-bond acceptors (Lipinski definition) is 5. The Bertz CT molecular complexity index is 817. The van der Waals surface area contributed by atoms with Gasteiger partial charge in [0.25, 0.3) is 5.91 Å². The molecule has 0 bridgehead atoms. The average Bonchev–Trinajstić information content (AvgIpc) is 2.58. The molecule has 1 N–H and O–H groups in total. The zero-order chi connectivity index (χ0) is 19.3. The first-order chi connectivity index (χ1) is 12.2. The highest BCUT2D eigenvalue weighted by molar-refractivity contribution is 6.08. The van der Waals surface area contributed by atoms with Gasteiger partial charge in [-0.15, -0.1) is 0 Å². The van der Waals surface area contributed by atoms with Crippen molar-refractivity contribution in [3.05, 3.63) is 48.0 Å². The number of hydrogen-bond donors (Lipinski definition) is 1. The van der Waals surface area contributed by atoms with Crippen LogP contribution in [-0.2, 0) is 19.1 Å². The van der Waals surface area contributed by atoms with Gasteiger partial charge < -0.3 is 14.8 Å². The highest BCUT2D eigenvalue weighted by Gasteiger charge is 2.28. The lowest BCUT2D eigenvalue weighted by Gasteiger charge is -2.22. The molecule has 6 nitrogen and oxygen atoms in total. The van der Waals surface area contributed by atoms with E-state index < -0.39 is 29.5 Å². The van der Waals surface area contributed by atoms with Crippen LogP contribution in [0.1, 0.15) is 37.6 Å². The molecule has 2 rings (SSSR count). The molecule has 1 amide bonds. The van der Waals surface area contributed by atoms with Gasteiger partial charge in [-0.25, -0.2) is 4.79 Å². The van der Waals surface area contributed by atoms with E-state index in [1.165, 1.54) is 7.11 Å². The van der Waals surface area contributed by atoms with Gasteiger partial charge in [-0.1, -0.05) is 36.4 Å². The molecule has 0 fully saturated rings. The molecule has 1 atom stereocenters. The molecule has 0 aliphatic heterocycles. The van der Waals surface area contributed by atoms with Crippen LogP contribution in [-0.4, -0.2) is 36.6 Å². The predicted molar refractivity (Wildman–Crippen MR) is 97.7 cm³/mol. The minimum absolute atomic E-state index is 0.305. The minimum Gasteiger partial charge on any atom is -0.467 e. The minimum atomic E-state index is -1.12. The number of carbonyl (C=O) groups excluding carboxylic acids is 3. The maximum absolute atomic E-state index is 12.7. The van der Waals surface area contributed by atoms with Crippen molar-refractivity contribution in [1.82, 2.24) is 5.32 Å². The molecule has 0 radical (unpaired) electrons. The van der Waals surface area contributed by atoms with Gasteiger partial charge in [0.05, 0.1) is 13.5 Å². The van der Waals surface area contributed by atoms with E-state index in [4.69, 9.17) is 9.47 Å². The van der Waals surface area contributed by atoms with Gasteiger partial charge in [-0.2, -0.15) is 0 Å². The zero-order valence-corrected chi connectivity index (χ0v) is 15.4. The lowest BCUT2D eigenvalue weighted by Crippen LogP contribution is -2.44. The third-order valence-corrected chi connectivity index (χ3v) is 3.62. The van der Waals surface area contributed by atoms with E-state index in [1.807, 2.05) is 30.3 Å². The normalized spacial score (nSPS) is 12.3. The van der Waals surface area contributed by atoms with Crippen molar-refractivity contribution in [2.45, 2.75) is 38.8 Å². The second kappa shape index (κ2) is 7.99. The van der Waals surface area contributed by atoms with E-state index >= 15 is 0 Å². The third kappa shape index (κ3) is 5.05. The standard InChI is InChI=1S/C20H23NO5/c1-20(2,3)26-17(22)12-16(19(24)25-4)21-18(23)15-11-7-9-13-8-5-6-10-14(13)15/h5-11,16H,12H2,1-4H3,(H,21,23)/t16-/m0/s1. The van der Waals surface area contributed by atoms with Crippen molar-refractivity contribution in [2.24, 2.45) is 0 Å². The van der Waals surface area contributed by atoms with Crippen molar-refractivity contribution in [1.29, 1.82) is 0 Å². The van der Waals surface area contributed by atoms with Crippen LogP contribution < -0.4 is 5.32 Å². The fourth-order valence-electron chi connectivity index (χ4n) is 2.54. The summed E-state index contributed by atoms with van der Waals surface area (Å²) in [5.41, 5.74) is -0.265. The van der Waals surface area contributed by atoms with Crippen molar-refractivity contribution >= 4 is 28.6 Å². The summed E-state index contributed by atoms with van der Waals surface area (Å²) in [5, 5.41) is 4.24. The number of methoxy groups -OCH3 is 1. The number of esters is 2. The van der Waals surface area contributed by atoms with E-state index in [9.17, 15) is 14.4 Å². The summed E-state index contributed by atoms with van der Waals surface area (Å²) in [5.74, 6) is -1.75. The Morgan fingerprint density at radius 3 is 2.35 bits per heavy atom. The van der Waals surface area contributed by atoms with Gasteiger partial charge in [0.1, 0.15) is 11.6 Å². The summed E-state index contributed by atoms with van der Waals surface area (Å²) in [7, 11) is 1.20. The summed E-state index contributed by atoms with van der Waals surface area (Å²) in [6.07, 6.45) is -0.305. The average molecular weight is 357 g/mol. The summed E-state index contributed by atoms with van der Waals surface area (Å²) >= 11 is 0. The second-order valence-electron chi connectivity index (χ2n) is 6.87. The summed E-state index contributed by atoms with van der Waals surface area (Å²) < 4.78 is 9.93. The van der Waals surface area contributed by atoms with Crippen LogP contribution in [0.5, 0.6) is 0 Å². The van der Waals surface area contributed by atoms with E-state index in [1.54, 1.807) is 32.9 Å². The maximum Gasteiger partial charge on any atom is 0.328 e. The van der Waals surface area contributed by atoms with Crippen LogP contribution in [0.25, 0.3) is 10.8 Å². The zero-order valence-electron chi connectivity index (χ0n) is 15.4. The van der Waals surface area contributed by atoms with E-state index in [2.05, 4.69) is 5.32 Å². The van der Waals surface area contributed by atoms with Crippen LogP contribution in [0.2, 0.25) is 0 Å². The maximum atomic E-state index is 12.7. The van der Waals surface area contributed by atoms with Crippen LogP contribution in [0, 0.1) is 0 Å². The largest absolute Gasteiger partial charge is 0.467 e. The Balaban J connectivity index is 2.20. The molecule has 0 saturated heterocycles. The lowest BCUT2D eigenvalue weighted by molar-refractivity contribution is -0.158. The highest BCUT2D eigenvalue weighted by Crippen LogP contribution is 2.19. The molecule has 26 heavy (non-hydrogen) atoms. The van der Waals surface area contributed by atoms with Gasteiger partial charge >= 0.3 is 11.9 Å². The van der Waals surface area contributed by atoms with Gasteiger partial charge in [0.2, 0.25) is 0 Å². The number of amides is 1. The Morgan fingerprint density at radius 2 is 1.69 bits per heavy atom. The molecule has 138 valence electrons. The van der Waals surface area contributed by atoms with Gasteiger partial charge in [-0.05, 0) is 37.6 Å². The van der Waals surface area contributed by atoms with Crippen LogP contribution in [0.15, 0.2) is 42.5 Å².